The molecule has 1 aromatic carbocycles. The molecule has 1 N–H and O–H groups in total. The minimum Gasteiger partial charge on any atom is -0.325 e. The second kappa shape index (κ2) is 7.95. The van der Waals surface area contributed by atoms with E-state index in [1.54, 1.807) is 33.6 Å². The highest BCUT2D eigenvalue weighted by atomic mass is 32.2. The summed E-state index contributed by atoms with van der Waals surface area (Å²) in [4.78, 5) is 32.9. The molecule has 5 nitrogen and oxygen atoms in total. The van der Waals surface area contributed by atoms with Crippen molar-refractivity contribution >= 4 is 39.7 Å². The van der Waals surface area contributed by atoms with Gasteiger partial charge in [0.25, 0.3) is 5.56 Å². The van der Waals surface area contributed by atoms with Crippen LogP contribution in [0.2, 0.25) is 0 Å². The van der Waals surface area contributed by atoms with Crippen molar-refractivity contribution in [3.05, 3.63) is 57.0 Å². The summed E-state index contributed by atoms with van der Waals surface area (Å²) in [5, 5.41) is 3.02. The molecule has 0 saturated heterocycles. The number of thioether (sulfide) groups is 1. The second-order valence-electron chi connectivity index (χ2n) is 8.37. The molecule has 0 bridgehead atoms. The number of carbonyl (C=O) groups is 1. The number of anilines is 1. The molecule has 0 saturated carbocycles. The number of aryl methyl sites for hydroxylation is 2. The van der Waals surface area contributed by atoms with E-state index >= 15 is 0 Å². The lowest BCUT2D eigenvalue weighted by atomic mass is 9.95. The Balaban J connectivity index is 1.56. The summed E-state index contributed by atoms with van der Waals surface area (Å²) in [5.74, 6) is 0.559. The molecule has 0 spiro atoms. The van der Waals surface area contributed by atoms with E-state index in [1.165, 1.54) is 11.3 Å². The Morgan fingerprint density at radius 3 is 2.79 bits per heavy atom. The minimum atomic E-state index is -0.461. The smallest absolute Gasteiger partial charge is 0.259 e. The zero-order valence-corrected chi connectivity index (χ0v) is 18.6. The summed E-state index contributed by atoms with van der Waals surface area (Å²) >= 11 is 3.23. The molecule has 3 aromatic rings. The average molecular weight is 428 g/mol. The fourth-order valence-electron chi connectivity index (χ4n) is 3.37. The second-order valence-corrected chi connectivity index (χ2v) is 10.5. The van der Waals surface area contributed by atoms with E-state index in [9.17, 15) is 9.59 Å². The lowest BCUT2D eigenvalue weighted by Gasteiger charge is -2.19. The molecule has 0 unspecified atom stereocenters. The Labute approximate surface area is 178 Å². The van der Waals surface area contributed by atoms with Crippen molar-refractivity contribution in [3.8, 4) is 0 Å². The monoisotopic (exact) mass is 427 g/mol. The first-order valence-electron chi connectivity index (χ1n) is 9.89. The van der Waals surface area contributed by atoms with E-state index in [0.717, 1.165) is 46.2 Å². The van der Waals surface area contributed by atoms with Crippen molar-refractivity contribution in [2.75, 3.05) is 5.32 Å². The highest BCUT2D eigenvalue weighted by molar-refractivity contribution is 7.98. The maximum absolute atomic E-state index is 12.7. The number of fused-ring (bicyclic) bond motifs is 3. The van der Waals surface area contributed by atoms with Gasteiger partial charge in [0.15, 0.2) is 4.96 Å². The van der Waals surface area contributed by atoms with Gasteiger partial charge in [-0.05, 0) is 37.8 Å². The van der Waals surface area contributed by atoms with Crippen LogP contribution in [0, 0.1) is 5.41 Å². The fraction of sp³-hybridized carbons (Fsp3) is 0.409. The zero-order chi connectivity index (χ0) is 20.6. The summed E-state index contributed by atoms with van der Waals surface area (Å²) < 4.78 is 1.80. The van der Waals surface area contributed by atoms with Gasteiger partial charge in [0.1, 0.15) is 0 Å². The number of hydrogen-bond acceptors (Lipinski definition) is 5. The first kappa shape index (κ1) is 20.2. The van der Waals surface area contributed by atoms with E-state index in [1.807, 2.05) is 45.0 Å². The van der Waals surface area contributed by atoms with Crippen molar-refractivity contribution in [2.24, 2.45) is 5.41 Å². The van der Waals surface area contributed by atoms with E-state index in [-0.39, 0.29) is 11.5 Å². The van der Waals surface area contributed by atoms with Crippen LogP contribution in [0.15, 0.2) is 40.0 Å². The molecule has 0 aliphatic heterocycles. The Kier molecular flexibility index (Phi) is 5.53. The zero-order valence-electron chi connectivity index (χ0n) is 16.9. The standard InChI is InChI=1S/C22H25N3O2S2/c1-22(2,3)20(27)24-15-8-4-6-10-17(15)28-13-14-12-19(26)25-16-9-5-7-11-18(16)29-21(25)23-14/h4,6,8,10,12H,5,7,9,11,13H2,1-3H3,(H,24,27). The number of nitrogens with one attached hydrogen (secondary N) is 1. The third kappa shape index (κ3) is 4.26. The number of nitrogens with zero attached hydrogens (tertiary/aromatic N) is 2. The van der Waals surface area contributed by atoms with Gasteiger partial charge >= 0.3 is 0 Å². The summed E-state index contributed by atoms with van der Waals surface area (Å²) in [5.41, 5.74) is 2.28. The molecule has 0 atom stereocenters. The number of para-hydroxylation sites is 1. The van der Waals surface area contributed by atoms with Crippen LogP contribution in [-0.2, 0) is 23.4 Å². The third-order valence-corrected chi connectivity index (χ3v) is 7.26. The van der Waals surface area contributed by atoms with Crippen molar-refractivity contribution in [3.63, 3.8) is 0 Å². The summed E-state index contributed by atoms with van der Waals surface area (Å²) in [7, 11) is 0. The topological polar surface area (TPSA) is 63.5 Å². The molecule has 0 radical (unpaired) electrons. The van der Waals surface area contributed by atoms with Gasteiger partial charge in [-0.2, -0.15) is 0 Å². The maximum atomic E-state index is 12.7. The number of carbonyl (C=O) groups excluding carboxylic acids is 1. The van der Waals surface area contributed by atoms with E-state index in [4.69, 9.17) is 4.98 Å². The van der Waals surface area contributed by atoms with E-state index in [2.05, 4.69) is 5.32 Å². The van der Waals surface area contributed by atoms with Crippen molar-refractivity contribution in [2.45, 2.75) is 57.1 Å². The molecule has 0 fully saturated rings. The predicted molar refractivity (Wildman–Crippen MR) is 120 cm³/mol. The molecule has 152 valence electrons. The highest BCUT2D eigenvalue weighted by Gasteiger charge is 2.22. The molecule has 29 heavy (non-hydrogen) atoms. The molecule has 1 aliphatic carbocycles. The van der Waals surface area contributed by atoms with Gasteiger partial charge < -0.3 is 5.32 Å². The van der Waals surface area contributed by atoms with Crippen molar-refractivity contribution in [1.82, 2.24) is 9.38 Å². The van der Waals surface area contributed by atoms with E-state index < -0.39 is 5.41 Å². The Hall–Kier alpha value is -2.12. The first-order valence-corrected chi connectivity index (χ1v) is 11.7. The lowest BCUT2D eigenvalue weighted by molar-refractivity contribution is -0.123. The lowest BCUT2D eigenvalue weighted by Crippen LogP contribution is -2.27. The van der Waals surface area contributed by atoms with Gasteiger partial charge in [0.05, 0.1) is 11.4 Å². The Morgan fingerprint density at radius 2 is 2.00 bits per heavy atom. The Morgan fingerprint density at radius 1 is 1.24 bits per heavy atom. The van der Waals surface area contributed by atoms with Crippen LogP contribution in [0.4, 0.5) is 5.69 Å². The Bertz CT molecular complexity index is 1130. The average Bonchev–Trinajstić information content (AvgIpc) is 3.05. The van der Waals surface area contributed by atoms with Crippen LogP contribution in [0.25, 0.3) is 4.96 Å². The van der Waals surface area contributed by atoms with Crippen LogP contribution in [0.5, 0.6) is 0 Å². The molecule has 1 aliphatic rings. The van der Waals surface area contributed by atoms with Gasteiger partial charge in [-0.15, -0.1) is 23.1 Å². The van der Waals surface area contributed by atoms with Gasteiger partial charge in [-0.1, -0.05) is 32.9 Å². The summed E-state index contributed by atoms with van der Waals surface area (Å²) in [6.45, 7) is 5.68. The van der Waals surface area contributed by atoms with Gasteiger partial charge in [-0.3, -0.25) is 14.0 Å². The minimum absolute atomic E-state index is 0.0133. The molecule has 2 heterocycles. The molecular weight excluding hydrogens is 402 g/mol. The summed E-state index contributed by atoms with van der Waals surface area (Å²) in [6, 6.07) is 9.41. The number of benzene rings is 1. The van der Waals surface area contributed by atoms with Crippen molar-refractivity contribution < 1.29 is 4.79 Å². The maximum Gasteiger partial charge on any atom is 0.259 e. The quantitative estimate of drug-likeness (QED) is 0.601. The predicted octanol–water partition coefficient (Wildman–Crippen LogP) is 4.91. The van der Waals surface area contributed by atoms with Crippen molar-refractivity contribution in [1.29, 1.82) is 0 Å². The van der Waals surface area contributed by atoms with Crippen LogP contribution in [0.3, 0.4) is 0 Å². The first-order chi connectivity index (χ1) is 13.8. The number of amides is 1. The SMILES string of the molecule is CC(C)(C)C(=O)Nc1ccccc1SCc1cc(=O)n2c3c(sc2n1)CCCC3. The van der Waals surface area contributed by atoms with Gasteiger partial charge in [0, 0.05) is 32.7 Å². The fourth-order valence-corrected chi connectivity index (χ4v) is 5.51. The molecule has 2 aromatic heterocycles. The normalized spacial score (nSPS) is 14.0. The van der Waals surface area contributed by atoms with Gasteiger partial charge in [0.2, 0.25) is 5.91 Å². The van der Waals surface area contributed by atoms with Gasteiger partial charge in [-0.25, -0.2) is 4.98 Å². The van der Waals surface area contributed by atoms with Crippen LogP contribution in [0.1, 0.15) is 49.9 Å². The third-order valence-electron chi connectivity index (χ3n) is 5.01. The molecule has 4 rings (SSSR count). The molecular formula is C22H25N3O2S2. The van der Waals surface area contributed by atoms with Crippen LogP contribution >= 0.6 is 23.1 Å². The number of thiazole rings is 1. The highest BCUT2D eigenvalue weighted by Crippen LogP contribution is 2.32. The van der Waals surface area contributed by atoms with Crippen LogP contribution in [-0.4, -0.2) is 15.3 Å². The largest absolute Gasteiger partial charge is 0.325 e. The molecule has 7 heteroatoms. The summed E-state index contributed by atoms with van der Waals surface area (Å²) in [6.07, 6.45) is 4.34. The van der Waals surface area contributed by atoms with E-state index in [0.29, 0.717) is 5.75 Å². The number of rotatable bonds is 4. The molecule has 1 amide bonds. The number of aromatic nitrogens is 2. The van der Waals surface area contributed by atoms with Crippen LogP contribution < -0.4 is 10.9 Å². The number of hydrogen-bond donors (Lipinski definition) is 1.